The van der Waals surface area contributed by atoms with Crippen molar-refractivity contribution in [3.8, 4) is 0 Å². The molecule has 5 heteroatoms. The molecule has 0 atom stereocenters. The van der Waals surface area contributed by atoms with E-state index in [1.165, 1.54) is 24.0 Å². The normalized spacial score (nSPS) is 16.9. The molecule has 1 saturated heterocycles. The number of aliphatic imine (C=N–C) groups is 1. The van der Waals surface area contributed by atoms with E-state index in [4.69, 9.17) is 5.73 Å². The Morgan fingerprint density at radius 2 is 1.82 bits per heavy atom. The molecule has 2 aromatic carbocycles. The number of hydrogen-bond donors (Lipinski definition) is 2. The van der Waals surface area contributed by atoms with Crippen molar-refractivity contribution in [2.75, 3.05) is 11.9 Å². The van der Waals surface area contributed by atoms with Crippen LogP contribution in [0.25, 0.3) is 0 Å². The van der Waals surface area contributed by atoms with E-state index in [2.05, 4.69) is 40.6 Å². The van der Waals surface area contributed by atoms with Crippen molar-refractivity contribution in [2.24, 2.45) is 10.7 Å². The first-order valence-electron chi connectivity index (χ1n) is 10.2. The number of fused-ring (bicyclic) bond motifs is 1. The number of anilines is 1. The zero-order chi connectivity index (χ0) is 19.3. The fraction of sp³-hybridized carbons (Fsp3) is 0.391. The maximum absolute atomic E-state index is 11.9. The van der Waals surface area contributed by atoms with Gasteiger partial charge in [0, 0.05) is 25.2 Å². The quantitative estimate of drug-likeness (QED) is 0.618. The number of aryl methyl sites for hydroxylation is 1. The molecule has 0 unspecified atom stereocenters. The van der Waals surface area contributed by atoms with Crippen LogP contribution in [0.15, 0.2) is 47.5 Å². The molecule has 0 spiro atoms. The standard InChI is InChI=1S/C23H28N4O/c24-23(26-21-12-5-10-17-7-3-4-11-20(17)21)25-15-18-8-1-2-9-19(18)16-27-14-6-13-22(27)28/h1-2,5,8-10,12H,3-4,6-7,11,13-16H2,(H3,24,25,26). The summed E-state index contributed by atoms with van der Waals surface area (Å²) in [4.78, 5) is 18.4. The van der Waals surface area contributed by atoms with Gasteiger partial charge < -0.3 is 16.0 Å². The van der Waals surface area contributed by atoms with Gasteiger partial charge in [0.15, 0.2) is 5.96 Å². The van der Waals surface area contributed by atoms with Crippen molar-refractivity contribution in [3.05, 3.63) is 64.7 Å². The summed E-state index contributed by atoms with van der Waals surface area (Å²) in [7, 11) is 0. The van der Waals surface area contributed by atoms with Gasteiger partial charge in [-0.25, -0.2) is 4.99 Å². The van der Waals surface area contributed by atoms with Gasteiger partial charge in [0.1, 0.15) is 0 Å². The Balaban J connectivity index is 1.45. The molecule has 0 aromatic heterocycles. The summed E-state index contributed by atoms with van der Waals surface area (Å²) < 4.78 is 0. The fourth-order valence-corrected chi connectivity index (χ4v) is 4.19. The van der Waals surface area contributed by atoms with E-state index in [0.29, 0.717) is 25.5 Å². The molecule has 1 aliphatic carbocycles. The topological polar surface area (TPSA) is 70.7 Å². The van der Waals surface area contributed by atoms with E-state index in [1.807, 2.05) is 17.0 Å². The van der Waals surface area contributed by atoms with E-state index < -0.39 is 0 Å². The maximum Gasteiger partial charge on any atom is 0.222 e. The summed E-state index contributed by atoms with van der Waals surface area (Å²) >= 11 is 0. The maximum atomic E-state index is 11.9. The Bertz CT molecular complexity index is 890. The number of rotatable bonds is 5. The molecule has 1 fully saturated rings. The van der Waals surface area contributed by atoms with Gasteiger partial charge in [-0.1, -0.05) is 36.4 Å². The van der Waals surface area contributed by atoms with E-state index in [0.717, 1.165) is 42.6 Å². The molecule has 28 heavy (non-hydrogen) atoms. The number of nitrogens with zero attached hydrogens (tertiary/aromatic N) is 2. The molecule has 1 heterocycles. The highest BCUT2D eigenvalue weighted by Crippen LogP contribution is 2.27. The molecule has 4 rings (SSSR count). The van der Waals surface area contributed by atoms with E-state index in [-0.39, 0.29) is 5.91 Å². The van der Waals surface area contributed by atoms with Gasteiger partial charge in [0.05, 0.1) is 6.54 Å². The predicted molar refractivity (Wildman–Crippen MR) is 113 cm³/mol. The van der Waals surface area contributed by atoms with Gasteiger partial charge in [0.2, 0.25) is 5.91 Å². The first-order valence-corrected chi connectivity index (χ1v) is 10.2. The van der Waals surface area contributed by atoms with Crippen LogP contribution < -0.4 is 11.1 Å². The number of hydrogen-bond acceptors (Lipinski definition) is 2. The van der Waals surface area contributed by atoms with Crippen molar-refractivity contribution in [2.45, 2.75) is 51.6 Å². The lowest BCUT2D eigenvalue weighted by Crippen LogP contribution is -2.25. The fourth-order valence-electron chi connectivity index (χ4n) is 4.19. The Labute approximate surface area is 166 Å². The SMILES string of the molecule is NC(=NCc1ccccc1CN1CCCC1=O)Nc1cccc2c1CCCC2. The van der Waals surface area contributed by atoms with E-state index in [9.17, 15) is 4.79 Å². The van der Waals surface area contributed by atoms with Crippen molar-refractivity contribution in [1.82, 2.24) is 4.90 Å². The summed E-state index contributed by atoms with van der Waals surface area (Å²) in [6.07, 6.45) is 6.35. The highest BCUT2D eigenvalue weighted by Gasteiger charge is 2.20. The third-order valence-corrected chi connectivity index (χ3v) is 5.73. The van der Waals surface area contributed by atoms with Crippen LogP contribution in [-0.2, 0) is 30.7 Å². The van der Waals surface area contributed by atoms with Crippen LogP contribution in [-0.4, -0.2) is 23.3 Å². The smallest absolute Gasteiger partial charge is 0.222 e. The lowest BCUT2D eigenvalue weighted by Gasteiger charge is -2.20. The summed E-state index contributed by atoms with van der Waals surface area (Å²) in [6.45, 7) is 2.01. The second-order valence-electron chi connectivity index (χ2n) is 7.66. The predicted octanol–water partition coefficient (Wildman–Crippen LogP) is 3.61. The minimum atomic E-state index is 0.244. The molecule has 5 nitrogen and oxygen atoms in total. The molecule has 2 aromatic rings. The number of nitrogens with one attached hydrogen (secondary N) is 1. The molecule has 1 aliphatic heterocycles. The van der Waals surface area contributed by atoms with Crippen LogP contribution in [0.5, 0.6) is 0 Å². The van der Waals surface area contributed by atoms with Crippen LogP contribution in [0, 0.1) is 0 Å². The number of benzene rings is 2. The van der Waals surface area contributed by atoms with Crippen LogP contribution >= 0.6 is 0 Å². The van der Waals surface area contributed by atoms with Crippen LogP contribution in [0.4, 0.5) is 5.69 Å². The van der Waals surface area contributed by atoms with Crippen LogP contribution in [0.2, 0.25) is 0 Å². The molecule has 3 N–H and O–H groups in total. The molecule has 0 radical (unpaired) electrons. The minimum absolute atomic E-state index is 0.244. The van der Waals surface area contributed by atoms with Gasteiger partial charge in [-0.2, -0.15) is 0 Å². The van der Waals surface area contributed by atoms with Gasteiger partial charge >= 0.3 is 0 Å². The lowest BCUT2D eigenvalue weighted by molar-refractivity contribution is -0.128. The third-order valence-electron chi connectivity index (χ3n) is 5.73. The first kappa shape index (κ1) is 18.5. The Kier molecular flexibility index (Phi) is 5.60. The molecule has 1 amide bonds. The highest BCUT2D eigenvalue weighted by atomic mass is 16.2. The summed E-state index contributed by atoms with van der Waals surface area (Å²) in [5, 5.41) is 3.30. The average molecular weight is 377 g/mol. The first-order chi connectivity index (χ1) is 13.7. The highest BCUT2D eigenvalue weighted by molar-refractivity contribution is 5.93. The Morgan fingerprint density at radius 1 is 1.00 bits per heavy atom. The minimum Gasteiger partial charge on any atom is -0.370 e. The largest absolute Gasteiger partial charge is 0.370 e. The third kappa shape index (κ3) is 4.19. The Hall–Kier alpha value is -2.82. The van der Waals surface area contributed by atoms with Gasteiger partial charge in [0.25, 0.3) is 0 Å². The van der Waals surface area contributed by atoms with Crippen molar-refractivity contribution < 1.29 is 4.79 Å². The van der Waals surface area contributed by atoms with E-state index in [1.54, 1.807) is 0 Å². The zero-order valence-corrected chi connectivity index (χ0v) is 16.3. The number of carbonyl (C=O) groups is 1. The number of carbonyl (C=O) groups excluding carboxylic acids is 1. The lowest BCUT2D eigenvalue weighted by atomic mass is 9.90. The van der Waals surface area contributed by atoms with Gasteiger partial charge in [-0.3, -0.25) is 4.79 Å². The van der Waals surface area contributed by atoms with Crippen molar-refractivity contribution >= 4 is 17.6 Å². The molecule has 0 bridgehead atoms. The summed E-state index contributed by atoms with van der Waals surface area (Å²) in [5.74, 6) is 0.680. The van der Waals surface area contributed by atoms with Crippen molar-refractivity contribution in [1.29, 1.82) is 0 Å². The Morgan fingerprint density at radius 3 is 2.64 bits per heavy atom. The molecular formula is C23H28N4O. The van der Waals surface area contributed by atoms with Crippen molar-refractivity contribution in [3.63, 3.8) is 0 Å². The molecule has 2 aliphatic rings. The zero-order valence-electron chi connectivity index (χ0n) is 16.3. The number of amides is 1. The van der Waals surface area contributed by atoms with Gasteiger partial charge in [-0.05, 0) is 60.4 Å². The number of nitrogens with two attached hydrogens (primary N) is 1. The number of guanidine groups is 1. The summed E-state index contributed by atoms with van der Waals surface area (Å²) in [6, 6.07) is 14.5. The second kappa shape index (κ2) is 8.46. The van der Waals surface area contributed by atoms with Gasteiger partial charge in [-0.15, -0.1) is 0 Å². The van der Waals surface area contributed by atoms with Crippen LogP contribution in [0.3, 0.4) is 0 Å². The van der Waals surface area contributed by atoms with Crippen LogP contribution in [0.1, 0.15) is 47.9 Å². The number of likely N-dealkylation sites (tertiary alicyclic amines) is 1. The molecule has 146 valence electrons. The monoisotopic (exact) mass is 376 g/mol. The summed E-state index contributed by atoms with van der Waals surface area (Å²) in [5.41, 5.74) is 12.3. The van der Waals surface area contributed by atoms with E-state index >= 15 is 0 Å². The molecular weight excluding hydrogens is 348 g/mol. The average Bonchev–Trinajstić information content (AvgIpc) is 3.12. The second-order valence-corrected chi connectivity index (χ2v) is 7.66. The molecule has 0 saturated carbocycles.